The second-order valence-corrected chi connectivity index (χ2v) is 6.54. The predicted molar refractivity (Wildman–Crippen MR) is 95.3 cm³/mol. The second-order valence-electron chi connectivity index (χ2n) is 6.54. The van der Waals surface area contributed by atoms with Crippen LogP contribution < -0.4 is 0 Å². The Morgan fingerprint density at radius 3 is 2.50 bits per heavy atom. The van der Waals surface area contributed by atoms with Crippen molar-refractivity contribution >= 4 is 16.9 Å². The van der Waals surface area contributed by atoms with Crippen LogP contribution in [0.3, 0.4) is 0 Å². The van der Waals surface area contributed by atoms with E-state index in [9.17, 15) is 4.79 Å². The highest BCUT2D eigenvalue weighted by atomic mass is 16.2. The number of piperazine rings is 1. The first-order valence-corrected chi connectivity index (χ1v) is 8.91. The standard InChI is InChI=1S/C18H27N5O/c1-5-7-21-8-10-22(11-9-21)18(24)15-12-13(3)19-17-16(15)14(4)20-23(17)6-2/h12H,5-11H2,1-4H3. The third kappa shape index (κ3) is 3.02. The molecule has 1 amide bonds. The molecule has 2 aromatic rings. The van der Waals surface area contributed by atoms with E-state index in [1.807, 2.05) is 36.4 Å². The van der Waals surface area contributed by atoms with Gasteiger partial charge in [0, 0.05) is 38.4 Å². The number of rotatable bonds is 4. The Morgan fingerprint density at radius 1 is 1.17 bits per heavy atom. The molecule has 0 bridgehead atoms. The van der Waals surface area contributed by atoms with E-state index in [2.05, 4.69) is 21.9 Å². The normalized spacial score (nSPS) is 16.1. The van der Waals surface area contributed by atoms with Gasteiger partial charge in [-0.2, -0.15) is 5.10 Å². The lowest BCUT2D eigenvalue weighted by Gasteiger charge is -2.34. The predicted octanol–water partition coefficient (Wildman–Crippen LogP) is 2.24. The van der Waals surface area contributed by atoms with E-state index in [0.29, 0.717) is 0 Å². The quantitative estimate of drug-likeness (QED) is 0.863. The van der Waals surface area contributed by atoms with E-state index in [1.165, 1.54) is 0 Å². The van der Waals surface area contributed by atoms with Crippen molar-refractivity contribution in [1.29, 1.82) is 0 Å². The zero-order valence-corrected chi connectivity index (χ0v) is 15.2. The summed E-state index contributed by atoms with van der Waals surface area (Å²) in [5, 5.41) is 5.46. The maximum absolute atomic E-state index is 13.1. The Balaban J connectivity index is 1.92. The van der Waals surface area contributed by atoms with Gasteiger partial charge in [-0.1, -0.05) is 6.92 Å². The van der Waals surface area contributed by atoms with Crippen molar-refractivity contribution in [3.63, 3.8) is 0 Å². The summed E-state index contributed by atoms with van der Waals surface area (Å²) in [5.74, 6) is 0.111. The summed E-state index contributed by atoms with van der Waals surface area (Å²) in [6.45, 7) is 13.5. The van der Waals surface area contributed by atoms with Gasteiger partial charge in [0.05, 0.1) is 16.6 Å². The molecule has 2 aromatic heterocycles. The van der Waals surface area contributed by atoms with Gasteiger partial charge in [0.1, 0.15) is 0 Å². The van der Waals surface area contributed by atoms with Crippen molar-refractivity contribution in [2.45, 2.75) is 40.7 Å². The number of carbonyl (C=O) groups excluding carboxylic acids is 1. The molecule has 1 fully saturated rings. The van der Waals surface area contributed by atoms with Crippen molar-refractivity contribution in [3.05, 3.63) is 23.0 Å². The smallest absolute Gasteiger partial charge is 0.254 e. The molecule has 6 heteroatoms. The van der Waals surface area contributed by atoms with Gasteiger partial charge in [-0.05, 0) is 39.8 Å². The molecule has 0 N–H and O–H groups in total. The van der Waals surface area contributed by atoms with Crippen LogP contribution in [-0.4, -0.2) is 63.2 Å². The maximum atomic E-state index is 13.1. The highest BCUT2D eigenvalue weighted by Crippen LogP contribution is 2.24. The molecule has 1 aliphatic heterocycles. The van der Waals surface area contributed by atoms with Gasteiger partial charge in [-0.3, -0.25) is 9.69 Å². The van der Waals surface area contributed by atoms with Crippen LogP contribution in [0.15, 0.2) is 6.07 Å². The number of pyridine rings is 1. The highest BCUT2D eigenvalue weighted by Gasteiger charge is 2.25. The van der Waals surface area contributed by atoms with Crippen molar-refractivity contribution < 1.29 is 4.79 Å². The van der Waals surface area contributed by atoms with E-state index in [4.69, 9.17) is 0 Å². The summed E-state index contributed by atoms with van der Waals surface area (Å²) >= 11 is 0. The van der Waals surface area contributed by atoms with Gasteiger partial charge >= 0.3 is 0 Å². The maximum Gasteiger partial charge on any atom is 0.254 e. The molecule has 24 heavy (non-hydrogen) atoms. The largest absolute Gasteiger partial charge is 0.336 e. The number of aromatic nitrogens is 3. The first-order valence-electron chi connectivity index (χ1n) is 8.91. The summed E-state index contributed by atoms with van der Waals surface area (Å²) in [6.07, 6.45) is 1.16. The molecule has 3 heterocycles. The van der Waals surface area contributed by atoms with Crippen LogP contribution in [0.5, 0.6) is 0 Å². The second kappa shape index (κ2) is 6.89. The van der Waals surface area contributed by atoms with E-state index in [-0.39, 0.29) is 5.91 Å². The van der Waals surface area contributed by atoms with Crippen LogP contribution in [0.25, 0.3) is 11.0 Å². The highest BCUT2D eigenvalue weighted by molar-refractivity contribution is 6.06. The average Bonchev–Trinajstić information content (AvgIpc) is 2.90. The average molecular weight is 329 g/mol. The first-order chi connectivity index (χ1) is 11.5. The van der Waals surface area contributed by atoms with Gasteiger partial charge in [-0.15, -0.1) is 0 Å². The lowest BCUT2D eigenvalue weighted by molar-refractivity contribution is 0.0639. The number of carbonyl (C=O) groups is 1. The van der Waals surface area contributed by atoms with Gasteiger partial charge in [0.25, 0.3) is 5.91 Å². The Kier molecular flexibility index (Phi) is 4.85. The van der Waals surface area contributed by atoms with Gasteiger partial charge in [-0.25, -0.2) is 9.67 Å². The number of nitrogens with zero attached hydrogens (tertiary/aromatic N) is 5. The Labute approximate surface area is 143 Å². The summed E-state index contributed by atoms with van der Waals surface area (Å²) in [6, 6.07) is 1.91. The summed E-state index contributed by atoms with van der Waals surface area (Å²) in [4.78, 5) is 22.1. The molecule has 0 spiro atoms. The molecule has 0 aromatic carbocycles. The minimum Gasteiger partial charge on any atom is -0.336 e. The molecule has 0 radical (unpaired) electrons. The fourth-order valence-electron chi connectivity index (χ4n) is 3.53. The van der Waals surface area contributed by atoms with Crippen LogP contribution >= 0.6 is 0 Å². The first kappa shape index (κ1) is 16.9. The van der Waals surface area contributed by atoms with Gasteiger partial charge < -0.3 is 4.90 Å². The molecule has 3 rings (SSSR count). The molecule has 0 atom stereocenters. The molecular weight excluding hydrogens is 302 g/mol. The van der Waals surface area contributed by atoms with Crippen LogP contribution in [0.1, 0.15) is 42.0 Å². The molecular formula is C18H27N5O. The number of amides is 1. The Hall–Kier alpha value is -1.95. The molecule has 6 nitrogen and oxygen atoms in total. The summed E-state index contributed by atoms with van der Waals surface area (Å²) in [5.41, 5.74) is 3.32. The van der Waals surface area contributed by atoms with Crippen molar-refractivity contribution in [1.82, 2.24) is 24.6 Å². The minimum atomic E-state index is 0.111. The summed E-state index contributed by atoms with van der Waals surface area (Å²) < 4.78 is 1.88. The molecule has 0 aliphatic carbocycles. The number of fused-ring (bicyclic) bond motifs is 1. The zero-order valence-electron chi connectivity index (χ0n) is 15.2. The lowest BCUT2D eigenvalue weighted by Crippen LogP contribution is -2.48. The van der Waals surface area contributed by atoms with E-state index in [0.717, 1.165) is 73.7 Å². The van der Waals surface area contributed by atoms with Crippen LogP contribution in [-0.2, 0) is 6.54 Å². The SMILES string of the molecule is CCCN1CCN(C(=O)c2cc(C)nc3c2c(C)nn3CC)CC1. The topological polar surface area (TPSA) is 54.3 Å². The molecule has 1 saturated heterocycles. The van der Waals surface area contributed by atoms with Crippen molar-refractivity contribution in [2.75, 3.05) is 32.7 Å². The van der Waals surface area contributed by atoms with Crippen LogP contribution in [0.4, 0.5) is 0 Å². The van der Waals surface area contributed by atoms with E-state index >= 15 is 0 Å². The zero-order chi connectivity index (χ0) is 17.3. The van der Waals surface area contributed by atoms with Crippen molar-refractivity contribution in [3.8, 4) is 0 Å². The third-order valence-electron chi connectivity index (χ3n) is 4.73. The van der Waals surface area contributed by atoms with Gasteiger partial charge in [0.2, 0.25) is 0 Å². The van der Waals surface area contributed by atoms with E-state index in [1.54, 1.807) is 0 Å². The van der Waals surface area contributed by atoms with Crippen molar-refractivity contribution in [2.24, 2.45) is 0 Å². The number of aryl methyl sites for hydroxylation is 3. The molecule has 130 valence electrons. The van der Waals surface area contributed by atoms with E-state index < -0.39 is 0 Å². The number of hydrogen-bond acceptors (Lipinski definition) is 4. The molecule has 0 unspecified atom stereocenters. The monoisotopic (exact) mass is 329 g/mol. The third-order valence-corrected chi connectivity index (χ3v) is 4.73. The Morgan fingerprint density at radius 2 is 1.88 bits per heavy atom. The summed E-state index contributed by atoms with van der Waals surface area (Å²) in [7, 11) is 0. The lowest BCUT2D eigenvalue weighted by atomic mass is 10.1. The van der Waals surface area contributed by atoms with Crippen LogP contribution in [0, 0.1) is 13.8 Å². The molecule has 1 aliphatic rings. The molecule has 0 saturated carbocycles. The fourth-order valence-corrected chi connectivity index (χ4v) is 3.53. The fraction of sp³-hybridized carbons (Fsp3) is 0.611. The Bertz CT molecular complexity index is 743. The van der Waals surface area contributed by atoms with Crippen LogP contribution in [0.2, 0.25) is 0 Å². The van der Waals surface area contributed by atoms with Gasteiger partial charge in [0.15, 0.2) is 5.65 Å². The minimum absolute atomic E-state index is 0.111. The number of hydrogen-bond donors (Lipinski definition) is 0.